The number of ether oxygens (including phenoxy) is 2. The van der Waals surface area contributed by atoms with Crippen LogP contribution >= 0.6 is 11.3 Å². The average Bonchev–Trinajstić information content (AvgIpc) is 3.26. The minimum absolute atomic E-state index is 0.00519. The summed E-state index contributed by atoms with van der Waals surface area (Å²) in [6, 6.07) is 4.71. The van der Waals surface area contributed by atoms with Gasteiger partial charge in [-0.3, -0.25) is 0 Å². The van der Waals surface area contributed by atoms with Crippen LogP contribution in [0.5, 0.6) is 5.75 Å². The van der Waals surface area contributed by atoms with Crippen molar-refractivity contribution < 1.29 is 24.1 Å². The molecule has 2 aliphatic rings. The Morgan fingerprint density at radius 2 is 2.22 bits per heavy atom. The van der Waals surface area contributed by atoms with E-state index in [1.165, 1.54) is 17.4 Å². The summed E-state index contributed by atoms with van der Waals surface area (Å²) >= 11 is 1.51. The second-order valence-corrected chi connectivity index (χ2v) is 8.32. The first-order valence-electron chi connectivity index (χ1n) is 9.32. The summed E-state index contributed by atoms with van der Waals surface area (Å²) in [5.74, 6) is 0.626. The topological polar surface area (TPSA) is 71.8 Å². The summed E-state index contributed by atoms with van der Waals surface area (Å²) < 4.78 is 25.5. The molecule has 27 heavy (non-hydrogen) atoms. The van der Waals surface area contributed by atoms with Crippen molar-refractivity contribution in [2.45, 2.75) is 51.1 Å². The Kier molecular flexibility index (Phi) is 5.45. The molecule has 1 saturated heterocycles. The quantitative estimate of drug-likeness (QED) is 0.815. The first-order chi connectivity index (χ1) is 13.0. The zero-order valence-corrected chi connectivity index (χ0v) is 16.0. The fourth-order valence-electron chi connectivity index (χ4n) is 4.19. The van der Waals surface area contributed by atoms with Gasteiger partial charge < -0.3 is 19.7 Å². The minimum atomic E-state index is -0.468. The molecular formula is C20H24FNO4S. The highest BCUT2D eigenvalue weighted by molar-refractivity contribution is 7.09. The largest absolute Gasteiger partial charge is 0.493 e. The van der Waals surface area contributed by atoms with Gasteiger partial charge in [0.1, 0.15) is 22.7 Å². The number of hydrogen-bond acceptors (Lipinski definition) is 6. The SMILES string of the molecule is Cc1cc(OCC2[C@H]3CC[C@H](c4nc(CO)cs4)O[C@H]3C[C@@H]2O)ccc1F. The number of aromatic nitrogens is 1. The zero-order chi connectivity index (χ0) is 19.0. The van der Waals surface area contributed by atoms with Gasteiger partial charge in [-0.1, -0.05) is 0 Å². The van der Waals surface area contributed by atoms with Crippen molar-refractivity contribution in [3.8, 4) is 5.75 Å². The Morgan fingerprint density at radius 1 is 1.37 bits per heavy atom. The Balaban J connectivity index is 1.38. The van der Waals surface area contributed by atoms with E-state index < -0.39 is 6.10 Å². The number of nitrogens with zero attached hydrogens (tertiary/aromatic N) is 1. The Bertz CT molecular complexity index is 798. The third kappa shape index (κ3) is 3.87. The van der Waals surface area contributed by atoms with Gasteiger partial charge in [-0.15, -0.1) is 11.3 Å². The summed E-state index contributed by atoms with van der Waals surface area (Å²) in [6.07, 6.45) is 1.84. The van der Waals surface area contributed by atoms with Crippen molar-refractivity contribution in [1.82, 2.24) is 4.98 Å². The van der Waals surface area contributed by atoms with Crippen LogP contribution in [0.3, 0.4) is 0 Å². The van der Waals surface area contributed by atoms with Gasteiger partial charge in [-0.05, 0) is 49.4 Å². The fourth-order valence-corrected chi connectivity index (χ4v) is 5.07. The molecule has 2 heterocycles. The molecule has 1 saturated carbocycles. The summed E-state index contributed by atoms with van der Waals surface area (Å²) in [5, 5.41) is 22.5. The van der Waals surface area contributed by atoms with Gasteiger partial charge in [0.15, 0.2) is 0 Å². The van der Waals surface area contributed by atoms with E-state index in [4.69, 9.17) is 9.47 Å². The van der Waals surface area contributed by atoms with E-state index >= 15 is 0 Å². The molecule has 0 spiro atoms. The lowest BCUT2D eigenvalue weighted by molar-refractivity contribution is -0.0812. The van der Waals surface area contributed by atoms with E-state index in [2.05, 4.69) is 4.98 Å². The summed E-state index contributed by atoms with van der Waals surface area (Å²) in [6.45, 7) is 2.04. The standard InChI is InChI=1S/C20H24FNO4S/c1-11-6-13(2-4-16(11)21)25-9-15-14-3-5-18(26-19(14)7-17(15)24)20-22-12(8-23)10-27-20/h2,4,6,10,14-15,17-19,23-24H,3,5,7-9H2,1H3/t14-,15?,17+,18-,19+/m1/s1. The van der Waals surface area contributed by atoms with Gasteiger partial charge in [0.05, 0.1) is 31.1 Å². The highest BCUT2D eigenvalue weighted by Crippen LogP contribution is 2.46. The Morgan fingerprint density at radius 3 is 2.96 bits per heavy atom. The van der Waals surface area contributed by atoms with Crippen molar-refractivity contribution in [3.05, 3.63) is 45.7 Å². The van der Waals surface area contributed by atoms with Gasteiger partial charge in [0.25, 0.3) is 0 Å². The molecule has 2 fully saturated rings. The second-order valence-electron chi connectivity index (χ2n) is 7.43. The smallest absolute Gasteiger partial charge is 0.126 e. The molecule has 4 rings (SSSR count). The summed E-state index contributed by atoms with van der Waals surface area (Å²) in [4.78, 5) is 4.42. The van der Waals surface area contributed by atoms with Crippen LogP contribution in [-0.4, -0.2) is 34.0 Å². The molecule has 7 heteroatoms. The predicted octanol–water partition coefficient (Wildman–Crippen LogP) is 3.38. The van der Waals surface area contributed by atoms with Crippen LogP contribution in [0.15, 0.2) is 23.6 Å². The molecule has 1 aromatic heterocycles. The number of aliphatic hydroxyl groups excluding tert-OH is 2. The normalized spacial score (nSPS) is 30.3. The predicted molar refractivity (Wildman–Crippen MR) is 99.1 cm³/mol. The van der Waals surface area contributed by atoms with Gasteiger partial charge in [-0.2, -0.15) is 0 Å². The Hall–Kier alpha value is -1.54. The van der Waals surface area contributed by atoms with Crippen LogP contribution in [0, 0.1) is 24.6 Å². The van der Waals surface area contributed by atoms with Gasteiger partial charge in [0.2, 0.25) is 0 Å². The molecule has 5 atom stereocenters. The lowest BCUT2D eigenvalue weighted by atomic mass is 9.87. The van der Waals surface area contributed by atoms with E-state index in [-0.39, 0.29) is 36.5 Å². The van der Waals surface area contributed by atoms with Crippen LogP contribution < -0.4 is 4.74 Å². The van der Waals surface area contributed by atoms with E-state index in [0.717, 1.165) is 17.8 Å². The molecular weight excluding hydrogens is 369 g/mol. The molecule has 0 bridgehead atoms. The van der Waals surface area contributed by atoms with Gasteiger partial charge >= 0.3 is 0 Å². The average molecular weight is 393 g/mol. The molecule has 5 nitrogen and oxygen atoms in total. The van der Waals surface area contributed by atoms with E-state index in [0.29, 0.717) is 30.0 Å². The maximum absolute atomic E-state index is 13.4. The first-order valence-corrected chi connectivity index (χ1v) is 10.2. The van der Waals surface area contributed by atoms with Crippen molar-refractivity contribution in [2.24, 2.45) is 11.8 Å². The van der Waals surface area contributed by atoms with Crippen molar-refractivity contribution in [1.29, 1.82) is 0 Å². The number of aryl methyl sites for hydroxylation is 1. The Labute approximate surface area is 161 Å². The molecule has 146 valence electrons. The lowest BCUT2D eigenvalue weighted by Crippen LogP contribution is -2.33. The monoisotopic (exact) mass is 393 g/mol. The highest BCUT2D eigenvalue weighted by Gasteiger charge is 2.47. The molecule has 1 aliphatic carbocycles. The molecule has 2 aromatic rings. The van der Waals surface area contributed by atoms with Gasteiger partial charge in [0, 0.05) is 17.7 Å². The fraction of sp³-hybridized carbons (Fsp3) is 0.550. The van der Waals surface area contributed by atoms with E-state index in [1.54, 1.807) is 19.1 Å². The van der Waals surface area contributed by atoms with Crippen molar-refractivity contribution in [3.63, 3.8) is 0 Å². The van der Waals surface area contributed by atoms with Crippen molar-refractivity contribution >= 4 is 11.3 Å². The van der Waals surface area contributed by atoms with E-state index in [9.17, 15) is 14.6 Å². The van der Waals surface area contributed by atoms with Crippen LogP contribution in [-0.2, 0) is 11.3 Å². The van der Waals surface area contributed by atoms with Crippen LogP contribution in [0.4, 0.5) is 4.39 Å². The second kappa shape index (κ2) is 7.83. The molecule has 1 aromatic carbocycles. The van der Waals surface area contributed by atoms with Crippen LogP contribution in [0.2, 0.25) is 0 Å². The van der Waals surface area contributed by atoms with Crippen molar-refractivity contribution in [2.75, 3.05) is 6.61 Å². The first kappa shape index (κ1) is 18.8. The molecule has 0 amide bonds. The number of rotatable bonds is 5. The maximum Gasteiger partial charge on any atom is 0.126 e. The van der Waals surface area contributed by atoms with E-state index in [1.807, 2.05) is 5.38 Å². The summed E-state index contributed by atoms with van der Waals surface area (Å²) in [5.41, 5.74) is 1.22. The third-order valence-electron chi connectivity index (χ3n) is 5.68. The number of halogens is 1. The number of benzene rings is 1. The lowest BCUT2D eigenvalue weighted by Gasteiger charge is -2.33. The zero-order valence-electron chi connectivity index (χ0n) is 15.2. The number of thiazole rings is 1. The number of hydrogen-bond donors (Lipinski definition) is 2. The summed E-state index contributed by atoms with van der Waals surface area (Å²) in [7, 11) is 0. The maximum atomic E-state index is 13.4. The highest BCUT2D eigenvalue weighted by atomic mass is 32.1. The molecule has 1 aliphatic heterocycles. The number of aliphatic hydroxyl groups is 2. The number of fused-ring (bicyclic) bond motifs is 1. The molecule has 0 radical (unpaired) electrons. The van der Waals surface area contributed by atoms with Crippen LogP contribution in [0.25, 0.3) is 0 Å². The minimum Gasteiger partial charge on any atom is -0.493 e. The molecule has 2 N–H and O–H groups in total. The van der Waals surface area contributed by atoms with Crippen LogP contribution in [0.1, 0.15) is 41.6 Å². The molecule has 1 unspecified atom stereocenters. The third-order valence-corrected chi connectivity index (χ3v) is 6.66. The van der Waals surface area contributed by atoms with Gasteiger partial charge in [-0.25, -0.2) is 9.37 Å².